The predicted octanol–water partition coefficient (Wildman–Crippen LogP) is 2.65. The molecule has 4 nitrogen and oxygen atoms in total. The van der Waals surface area contributed by atoms with E-state index in [1.165, 1.54) is 12.2 Å². The number of anilines is 1. The van der Waals surface area contributed by atoms with Crippen LogP contribution >= 0.6 is 0 Å². The van der Waals surface area contributed by atoms with Crippen LogP contribution in [-0.2, 0) is 15.7 Å². The van der Waals surface area contributed by atoms with E-state index in [4.69, 9.17) is 5.73 Å². The highest BCUT2D eigenvalue weighted by Gasteiger charge is 2.31. The second kappa shape index (κ2) is 6.21. The maximum Gasteiger partial charge on any atom is 0.417 e. The molecule has 1 rings (SSSR count). The first kappa shape index (κ1) is 15.0. The molecule has 0 aromatic carbocycles. The number of nitrogen functional groups attached to an aromatic ring is 1. The number of carbonyl (C=O) groups is 1. The predicted molar refractivity (Wildman–Crippen MR) is 63.9 cm³/mol. The second-order valence-electron chi connectivity index (χ2n) is 3.61. The van der Waals surface area contributed by atoms with Crippen LogP contribution in [0.5, 0.6) is 0 Å². The minimum absolute atomic E-state index is 0.0342. The number of hydrogen-bond acceptors (Lipinski definition) is 4. The average Bonchev–Trinajstić information content (AvgIpc) is 2.30. The number of esters is 1. The molecule has 0 aliphatic rings. The van der Waals surface area contributed by atoms with E-state index in [0.717, 1.165) is 6.07 Å². The Kier molecular flexibility index (Phi) is 4.91. The van der Waals surface area contributed by atoms with Crippen LogP contribution < -0.4 is 5.73 Å². The molecule has 0 bridgehead atoms. The van der Waals surface area contributed by atoms with E-state index < -0.39 is 17.7 Å². The molecule has 2 N–H and O–H groups in total. The third-order valence-corrected chi connectivity index (χ3v) is 2.16. The third kappa shape index (κ3) is 4.61. The van der Waals surface area contributed by atoms with E-state index in [9.17, 15) is 18.0 Å². The molecule has 0 radical (unpaired) electrons. The number of halogens is 3. The lowest BCUT2D eigenvalue weighted by Crippen LogP contribution is -2.07. The van der Waals surface area contributed by atoms with Gasteiger partial charge in [-0.05, 0) is 13.0 Å². The van der Waals surface area contributed by atoms with E-state index in [0.29, 0.717) is 6.20 Å². The Morgan fingerprint density at radius 2 is 2.21 bits per heavy atom. The van der Waals surface area contributed by atoms with Crippen molar-refractivity contribution in [2.75, 3.05) is 12.3 Å². The highest BCUT2D eigenvalue weighted by atomic mass is 19.4. The lowest BCUT2D eigenvalue weighted by Gasteiger charge is -2.08. The van der Waals surface area contributed by atoms with Crippen molar-refractivity contribution < 1.29 is 22.7 Å². The van der Waals surface area contributed by atoms with Gasteiger partial charge in [0.15, 0.2) is 0 Å². The van der Waals surface area contributed by atoms with Crippen LogP contribution in [-0.4, -0.2) is 17.6 Å². The molecule has 0 saturated heterocycles. The average molecular weight is 274 g/mol. The van der Waals surface area contributed by atoms with Crippen molar-refractivity contribution in [2.45, 2.75) is 19.5 Å². The van der Waals surface area contributed by atoms with Gasteiger partial charge in [-0.3, -0.25) is 4.79 Å². The van der Waals surface area contributed by atoms with Gasteiger partial charge in [0.2, 0.25) is 0 Å². The molecule has 0 atom stereocenters. The number of hydrogen-bond donors (Lipinski definition) is 1. The molecule has 0 aliphatic carbocycles. The maximum absolute atomic E-state index is 12.5. The largest absolute Gasteiger partial charge is 0.466 e. The van der Waals surface area contributed by atoms with Crippen LogP contribution in [0.15, 0.2) is 18.3 Å². The standard InChI is InChI=1S/C12H13F3N2O2/c1-2-19-10(18)5-3-4-8-6-9(12(13,14)15)7-17-11(8)16/h3-4,6-7H,2,5H2,1H3,(H2,16,17). The van der Waals surface area contributed by atoms with Gasteiger partial charge in [0.1, 0.15) is 5.82 Å². The molecule has 7 heteroatoms. The second-order valence-corrected chi connectivity index (χ2v) is 3.61. The summed E-state index contributed by atoms with van der Waals surface area (Å²) in [6.45, 7) is 1.91. The van der Waals surface area contributed by atoms with Crippen molar-refractivity contribution in [3.05, 3.63) is 29.5 Å². The number of nitrogens with two attached hydrogens (primary N) is 1. The Morgan fingerprint density at radius 3 is 2.79 bits per heavy atom. The zero-order chi connectivity index (χ0) is 14.5. The number of ether oxygens (including phenoxy) is 1. The van der Waals surface area contributed by atoms with Crippen LogP contribution in [0.25, 0.3) is 6.08 Å². The first-order valence-electron chi connectivity index (χ1n) is 5.49. The number of rotatable bonds is 4. The lowest BCUT2D eigenvalue weighted by atomic mass is 10.1. The van der Waals surface area contributed by atoms with Gasteiger partial charge in [-0.1, -0.05) is 12.2 Å². The van der Waals surface area contributed by atoms with Crippen molar-refractivity contribution in [1.82, 2.24) is 4.98 Å². The van der Waals surface area contributed by atoms with E-state index in [2.05, 4.69) is 9.72 Å². The Labute approximate surface area is 108 Å². The number of nitrogens with zero attached hydrogens (tertiary/aromatic N) is 1. The monoisotopic (exact) mass is 274 g/mol. The summed E-state index contributed by atoms with van der Waals surface area (Å²) < 4.78 is 42.1. The number of pyridine rings is 1. The molecule has 0 amide bonds. The Morgan fingerprint density at radius 1 is 1.53 bits per heavy atom. The highest BCUT2D eigenvalue weighted by Crippen LogP contribution is 2.30. The Hall–Kier alpha value is -2.05. The summed E-state index contributed by atoms with van der Waals surface area (Å²) in [4.78, 5) is 14.5. The summed E-state index contributed by atoms with van der Waals surface area (Å²) in [7, 11) is 0. The van der Waals surface area contributed by atoms with Crippen LogP contribution in [0, 0.1) is 0 Å². The van der Waals surface area contributed by atoms with Gasteiger partial charge in [0.25, 0.3) is 0 Å². The SMILES string of the molecule is CCOC(=O)CC=Cc1cc(C(F)(F)F)cnc1N. The normalized spacial score (nSPS) is 11.8. The van der Waals surface area contributed by atoms with Gasteiger partial charge in [-0.15, -0.1) is 0 Å². The van der Waals surface area contributed by atoms with Crippen molar-refractivity contribution in [3.8, 4) is 0 Å². The Bertz CT molecular complexity index is 484. The molecule has 0 spiro atoms. The summed E-state index contributed by atoms with van der Waals surface area (Å²) >= 11 is 0. The van der Waals surface area contributed by atoms with Crippen LogP contribution in [0.2, 0.25) is 0 Å². The summed E-state index contributed by atoms with van der Waals surface area (Å²) in [5.74, 6) is -0.495. The highest BCUT2D eigenvalue weighted by molar-refractivity contribution is 5.73. The fourth-order valence-corrected chi connectivity index (χ4v) is 1.28. The van der Waals surface area contributed by atoms with E-state index in [-0.39, 0.29) is 24.4 Å². The maximum atomic E-state index is 12.5. The summed E-state index contributed by atoms with van der Waals surface area (Å²) in [6.07, 6.45) is -1.16. The van der Waals surface area contributed by atoms with Gasteiger partial charge >= 0.3 is 12.1 Å². The van der Waals surface area contributed by atoms with E-state index in [1.54, 1.807) is 6.92 Å². The summed E-state index contributed by atoms with van der Waals surface area (Å²) in [5, 5.41) is 0. The third-order valence-electron chi connectivity index (χ3n) is 2.16. The minimum atomic E-state index is -4.48. The molecule has 0 saturated carbocycles. The quantitative estimate of drug-likeness (QED) is 0.857. The zero-order valence-electron chi connectivity index (χ0n) is 10.2. The molecule has 1 heterocycles. The van der Waals surface area contributed by atoms with E-state index in [1.807, 2.05) is 0 Å². The van der Waals surface area contributed by atoms with Gasteiger partial charge < -0.3 is 10.5 Å². The minimum Gasteiger partial charge on any atom is -0.466 e. The van der Waals surface area contributed by atoms with Gasteiger partial charge in [-0.2, -0.15) is 13.2 Å². The summed E-state index contributed by atoms with van der Waals surface area (Å²) in [6, 6.07) is 0.879. The molecule has 0 aliphatic heterocycles. The van der Waals surface area contributed by atoms with Gasteiger partial charge in [0.05, 0.1) is 18.6 Å². The fourth-order valence-electron chi connectivity index (χ4n) is 1.28. The molecule has 1 aromatic rings. The molecular formula is C12H13F3N2O2. The van der Waals surface area contributed by atoms with Crippen molar-refractivity contribution in [3.63, 3.8) is 0 Å². The molecule has 1 aromatic heterocycles. The molecule has 19 heavy (non-hydrogen) atoms. The van der Waals surface area contributed by atoms with E-state index >= 15 is 0 Å². The molecule has 104 valence electrons. The number of aromatic nitrogens is 1. The first-order valence-corrected chi connectivity index (χ1v) is 5.49. The van der Waals surface area contributed by atoms with Crippen molar-refractivity contribution in [2.24, 2.45) is 0 Å². The summed E-state index contributed by atoms with van der Waals surface area (Å²) in [5.41, 5.74) is 4.68. The number of alkyl halides is 3. The molecule has 0 fully saturated rings. The van der Waals surface area contributed by atoms with Gasteiger partial charge in [-0.25, -0.2) is 4.98 Å². The molecule has 0 unspecified atom stereocenters. The smallest absolute Gasteiger partial charge is 0.417 e. The number of carbonyl (C=O) groups excluding carboxylic acids is 1. The van der Waals surface area contributed by atoms with Gasteiger partial charge in [0, 0.05) is 11.8 Å². The van der Waals surface area contributed by atoms with Crippen LogP contribution in [0.3, 0.4) is 0 Å². The molecular weight excluding hydrogens is 261 g/mol. The van der Waals surface area contributed by atoms with Crippen LogP contribution in [0.1, 0.15) is 24.5 Å². The van der Waals surface area contributed by atoms with Crippen molar-refractivity contribution in [1.29, 1.82) is 0 Å². The topological polar surface area (TPSA) is 65.2 Å². The Balaban J connectivity index is 2.83. The lowest BCUT2D eigenvalue weighted by molar-refractivity contribution is -0.142. The van der Waals surface area contributed by atoms with Crippen LogP contribution in [0.4, 0.5) is 19.0 Å². The first-order chi connectivity index (χ1) is 8.84. The zero-order valence-corrected chi connectivity index (χ0v) is 10.2. The fraction of sp³-hybridized carbons (Fsp3) is 0.333. The van der Waals surface area contributed by atoms with Crippen molar-refractivity contribution >= 4 is 17.9 Å².